The van der Waals surface area contributed by atoms with Gasteiger partial charge in [-0.05, 0) is 60.0 Å². The Balaban J connectivity index is 0.00000256. The lowest BCUT2D eigenvalue weighted by molar-refractivity contribution is 0.587. The number of hydrogen-bond acceptors (Lipinski definition) is 4. The third-order valence-electron chi connectivity index (χ3n) is 4.57. The summed E-state index contributed by atoms with van der Waals surface area (Å²) in [6.45, 7) is 0.471. The van der Waals surface area contributed by atoms with Gasteiger partial charge in [-0.25, -0.2) is 16.8 Å². The third-order valence-corrected chi connectivity index (χ3v) is 7.16. The third kappa shape index (κ3) is 4.20. The summed E-state index contributed by atoms with van der Waals surface area (Å²) in [6.07, 6.45) is 1.55. The van der Waals surface area contributed by atoms with Gasteiger partial charge in [0.15, 0.2) is 0 Å². The van der Waals surface area contributed by atoms with E-state index in [-0.39, 0.29) is 22.9 Å². The van der Waals surface area contributed by atoms with E-state index in [0.717, 1.165) is 16.0 Å². The van der Waals surface area contributed by atoms with Crippen LogP contribution in [0.4, 0.5) is 4.39 Å². The molecule has 2 aromatic carbocycles. The first-order valence-electron chi connectivity index (χ1n) is 9.01. The van der Waals surface area contributed by atoms with Crippen molar-refractivity contribution in [3.05, 3.63) is 89.7 Å². The van der Waals surface area contributed by atoms with Gasteiger partial charge in [-0.2, -0.15) is 0 Å². The van der Waals surface area contributed by atoms with Crippen LogP contribution in [0.2, 0.25) is 0 Å². The zero-order valence-corrected chi connectivity index (χ0v) is 18.5. The molecule has 0 amide bonds. The second kappa shape index (κ2) is 9.14. The lowest BCUT2D eigenvalue weighted by Gasteiger charge is -2.12. The maximum absolute atomic E-state index is 14.5. The van der Waals surface area contributed by atoms with Gasteiger partial charge in [0.05, 0.1) is 10.6 Å². The Bertz CT molecular complexity index is 1250. The van der Waals surface area contributed by atoms with Crippen molar-refractivity contribution in [3.63, 3.8) is 0 Å². The summed E-state index contributed by atoms with van der Waals surface area (Å²) in [4.78, 5) is 1.15. The van der Waals surface area contributed by atoms with Gasteiger partial charge in [-0.3, -0.25) is 0 Å². The average molecular weight is 463 g/mol. The first-order chi connectivity index (χ1) is 14.0. The molecule has 0 saturated heterocycles. The van der Waals surface area contributed by atoms with Crippen LogP contribution in [-0.2, 0) is 16.6 Å². The molecular weight excluding hydrogens is 443 g/mol. The van der Waals surface area contributed by atoms with Crippen LogP contribution in [-0.4, -0.2) is 19.4 Å². The topological polar surface area (TPSA) is 51.1 Å². The van der Waals surface area contributed by atoms with Crippen LogP contribution in [0.25, 0.3) is 21.7 Å². The second-order valence-electron chi connectivity index (χ2n) is 6.55. The van der Waals surface area contributed by atoms with Gasteiger partial charge < -0.3 is 5.32 Å². The SMILES string of the molecule is CNCc1cc(-c2ccccc2F)n(S(=O)(=O)c2cccc(-c3cccs3)c2)c1.Cl. The highest BCUT2D eigenvalue weighted by molar-refractivity contribution is 7.90. The zero-order chi connectivity index (χ0) is 20.4. The highest BCUT2D eigenvalue weighted by atomic mass is 35.5. The Hall–Kier alpha value is -2.45. The van der Waals surface area contributed by atoms with Crippen LogP contribution < -0.4 is 5.32 Å². The van der Waals surface area contributed by atoms with Gasteiger partial charge in [0, 0.05) is 23.2 Å². The Kier molecular flexibility index (Phi) is 6.77. The highest BCUT2D eigenvalue weighted by Crippen LogP contribution is 2.31. The summed E-state index contributed by atoms with van der Waals surface area (Å²) in [6, 6.07) is 18.6. The molecule has 4 nitrogen and oxygen atoms in total. The number of nitrogens with zero attached hydrogens (tertiary/aromatic N) is 1. The number of thiophene rings is 1. The molecule has 2 aromatic heterocycles. The molecule has 0 atom stereocenters. The summed E-state index contributed by atoms with van der Waals surface area (Å²) in [5.74, 6) is -0.467. The van der Waals surface area contributed by atoms with Crippen molar-refractivity contribution in [3.8, 4) is 21.7 Å². The Morgan fingerprint density at radius 2 is 1.83 bits per heavy atom. The van der Waals surface area contributed by atoms with Crippen molar-refractivity contribution in [2.45, 2.75) is 11.4 Å². The zero-order valence-electron chi connectivity index (χ0n) is 16.1. The number of rotatable bonds is 6. The minimum Gasteiger partial charge on any atom is -0.316 e. The molecule has 4 rings (SSSR count). The number of hydrogen-bond donors (Lipinski definition) is 1. The van der Waals surface area contributed by atoms with Crippen molar-refractivity contribution < 1.29 is 12.8 Å². The normalized spacial score (nSPS) is 11.3. The summed E-state index contributed by atoms with van der Waals surface area (Å²) < 4.78 is 42.6. The monoisotopic (exact) mass is 462 g/mol. The molecule has 0 unspecified atom stereocenters. The maximum atomic E-state index is 14.5. The quantitative estimate of drug-likeness (QED) is 0.417. The summed E-state index contributed by atoms with van der Waals surface area (Å²) in [5, 5.41) is 4.96. The van der Waals surface area contributed by atoms with Gasteiger partial charge in [-0.15, -0.1) is 23.7 Å². The van der Waals surface area contributed by atoms with Gasteiger partial charge in [0.25, 0.3) is 10.0 Å². The molecule has 0 aliphatic rings. The highest BCUT2D eigenvalue weighted by Gasteiger charge is 2.23. The summed E-state index contributed by atoms with van der Waals surface area (Å²) in [5.41, 5.74) is 2.13. The average Bonchev–Trinajstić information content (AvgIpc) is 3.39. The van der Waals surface area contributed by atoms with E-state index in [9.17, 15) is 12.8 Å². The molecule has 2 heterocycles. The van der Waals surface area contributed by atoms with Gasteiger partial charge >= 0.3 is 0 Å². The largest absolute Gasteiger partial charge is 0.316 e. The molecule has 0 fully saturated rings. The number of halogens is 2. The molecule has 8 heteroatoms. The molecule has 0 bridgehead atoms. The van der Waals surface area contributed by atoms with E-state index in [2.05, 4.69) is 5.32 Å². The minimum atomic E-state index is -3.92. The molecule has 156 valence electrons. The minimum absolute atomic E-state index is 0. The predicted octanol–water partition coefficient (Wildman–Crippen LogP) is 5.40. The molecule has 0 aliphatic carbocycles. The Morgan fingerprint density at radius 3 is 2.53 bits per heavy atom. The van der Waals surface area contributed by atoms with Crippen molar-refractivity contribution >= 4 is 33.8 Å². The summed E-state index contributed by atoms with van der Waals surface area (Å²) in [7, 11) is -2.14. The van der Waals surface area contributed by atoms with Crippen LogP contribution in [0, 0.1) is 5.82 Å². The van der Waals surface area contributed by atoms with E-state index < -0.39 is 15.8 Å². The standard InChI is InChI=1S/C22H19FN2O2S2.ClH/c1-24-14-16-12-21(19-8-2-3-9-20(19)23)25(15-16)29(26,27)18-7-4-6-17(13-18)22-10-5-11-28-22;/h2-13,15,24H,14H2,1H3;1H. The smallest absolute Gasteiger partial charge is 0.268 e. The Labute approximate surface area is 185 Å². The van der Waals surface area contributed by atoms with Gasteiger partial charge in [0.2, 0.25) is 0 Å². The first-order valence-corrected chi connectivity index (χ1v) is 11.3. The molecular formula is C22H20ClFN2O2S2. The lowest BCUT2D eigenvalue weighted by Crippen LogP contribution is -2.14. The van der Waals surface area contributed by atoms with Gasteiger partial charge in [-0.1, -0.05) is 30.3 Å². The van der Waals surface area contributed by atoms with E-state index in [0.29, 0.717) is 12.2 Å². The van der Waals surface area contributed by atoms with E-state index in [1.807, 2.05) is 23.6 Å². The van der Waals surface area contributed by atoms with E-state index in [4.69, 9.17) is 0 Å². The molecule has 0 aliphatic heterocycles. The number of benzene rings is 2. The van der Waals surface area contributed by atoms with E-state index in [1.165, 1.54) is 10.0 Å². The molecule has 0 saturated carbocycles. The van der Waals surface area contributed by atoms with E-state index in [1.54, 1.807) is 67.0 Å². The van der Waals surface area contributed by atoms with E-state index >= 15 is 0 Å². The van der Waals surface area contributed by atoms with Crippen LogP contribution in [0.3, 0.4) is 0 Å². The van der Waals surface area contributed by atoms with Crippen molar-refractivity contribution in [1.82, 2.24) is 9.29 Å². The number of aromatic nitrogens is 1. The van der Waals surface area contributed by atoms with Crippen LogP contribution >= 0.6 is 23.7 Å². The second-order valence-corrected chi connectivity index (χ2v) is 9.31. The number of nitrogens with one attached hydrogen (secondary N) is 1. The summed E-state index contributed by atoms with van der Waals surface area (Å²) >= 11 is 1.54. The molecule has 30 heavy (non-hydrogen) atoms. The van der Waals surface area contributed by atoms with Crippen LogP contribution in [0.5, 0.6) is 0 Å². The lowest BCUT2D eigenvalue weighted by atomic mass is 10.1. The predicted molar refractivity (Wildman–Crippen MR) is 122 cm³/mol. The van der Waals surface area contributed by atoms with Crippen molar-refractivity contribution in [2.75, 3.05) is 7.05 Å². The maximum Gasteiger partial charge on any atom is 0.268 e. The van der Waals surface area contributed by atoms with Crippen molar-refractivity contribution in [1.29, 1.82) is 0 Å². The fourth-order valence-corrected chi connectivity index (χ4v) is 5.39. The fourth-order valence-electron chi connectivity index (χ4n) is 3.23. The molecule has 0 spiro atoms. The first kappa shape index (κ1) is 22.2. The van der Waals surface area contributed by atoms with Crippen molar-refractivity contribution in [2.24, 2.45) is 0 Å². The Morgan fingerprint density at radius 1 is 1.03 bits per heavy atom. The van der Waals surface area contributed by atoms with Crippen LogP contribution in [0.15, 0.2) is 83.2 Å². The molecule has 4 aromatic rings. The van der Waals surface area contributed by atoms with Crippen LogP contribution in [0.1, 0.15) is 5.56 Å². The van der Waals surface area contributed by atoms with Gasteiger partial charge in [0.1, 0.15) is 5.82 Å². The fraction of sp³-hybridized carbons (Fsp3) is 0.0909. The molecule has 1 N–H and O–H groups in total. The molecule has 0 radical (unpaired) electrons.